The number of amides is 1. The van der Waals surface area contributed by atoms with E-state index in [2.05, 4.69) is 15.3 Å². The van der Waals surface area contributed by atoms with Gasteiger partial charge in [0.05, 0.1) is 10.9 Å². The van der Waals surface area contributed by atoms with Gasteiger partial charge in [-0.2, -0.15) is 0 Å². The van der Waals surface area contributed by atoms with Gasteiger partial charge in [0.25, 0.3) is 11.5 Å². The fourth-order valence-corrected chi connectivity index (χ4v) is 2.06. The highest BCUT2D eigenvalue weighted by atomic mass is 19.1. The summed E-state index contributed by atoms with van der Waals surface area (Å²) in [6, 6.07) is 12.6. The second kappa shape index (κ2) is 5.77. The number of H-pyrrole nitrogens is 1. The molecule has 110 valence electrons. The third-order valence-corrected chi connectivity index (χ3v) is 3.19. The molecule has 5 nitrogen and oxygen atoms in total. The lowest BCUT2D eigenvalue weighted by Gasteiger charge is -2.05. The predicted molar refractivity (Wildman–Crippen MR) is 79.9 cm³/mol. The normalized spacial score (nSPS) is 10.6. The number of halogens is 1. The van der Waals surface area contributed by atoms with Crippen LogP contribution in [0.5, 0.6) is 0 Å². The quantitative estimate of drug-likeness (QED) is 0.776. The number of nitrogens with zero attached hydrogens (tertiary/aromatic N) is 1. The third kappa shape index (κ3) is 2.85. The number of para-hydroxylation sites is 1. The van der Waals surface area contributed by atoms with Crippen LogP contribution < -0.4 is 10.9 Å². The summed E-state index contributed by atoms with van der Waals surface area (Å²) in [6.45, 7) is 0.218. The van der Waals surface area contributed by atoms with E-state index < -0.39 is 5.91 Å². The van der Waals surface area contributed by atoms with Gasteiger partial charge in [-0.25, -0.2) is 9.37 Å². The second-order valence-electron chi connectivity index (χ2n) is 4.74. The summed E-state index contributed by atoms with van der Waals surface area (Å²) in [5, 5.41) is 3.06. The molecule has 0 unspecified atom stereocenters. The van der Waals surface area contributed by atoms with Crippen LogP contribution in [0.3, 0.4) is 0 Å². The van der Waals surface area contributed by atoms with E-state index in [1.54, 1.807) is 36.4 Å². The fraction of sp³-hybridized carbons (Fsp3) is 0.0625. The molecule has 0 aliphatic carbocycles. The van der Waals surface area contributed by atoms with Crippen LogP contribution in [-0.2, 0) is 6.54 Å². The van der Waals surface area contributed by atoms with E-state index in [1.807, 2.05) is 0 Å². The van der Waals surface area contributed by atoms with Gasteiger partial charge in [0.15, 0.2) is 5.82 Å². The SMILES string of the molecule is O=C(NCc1ccc(F)cc1)c1nc2ccccc2c(=O)[nH]1. The van der Waals surface area contributed by atoms with Crippen molar-refractivity contribution in [3.63, 3.8) is 0 Å². The van der Waals surface area contributed by atoms with Crippen LogP contribution in [0.4, 0.5) is 4.39 Å². The van der Waals surface area contributed by atoms with Gasteiger partial charge >= 0.3 is 0 Å². The Kier molecular flexibility index (Phi) is 3.65. The van der Waals surface area contributed by atoms with Crippen molar-refractivity contribution in [1.29, 1.82) is 0 Å². The number of aromatic amines is 1. The van der Waals surface area contributed by atoms with Crippen molar-refractivity contribution in [2.75, 3.05) is 0 Å². The molecule has 0 atom stereocenters. The van der Waals surface area contributed by atoms with Crippen LogP contribution >= 0.6 is 0 Å². The molecule has 0 saturated carbocycles. The summed E-state index contributed by atoms with van der Waals surface area (Å²) >= 11 is 0. The first-order valence-electron chi connectivity index (χ1n) is 6.65. The van der Waals surface area contributed by atoms with Crippen LogP contribution in [0.25, 0.3) is 10.9 Å². The standard InChI is InChI=1S/C16H12FN3O2/c17-11-7-5-10(6-8-11)9-18-16(22)14-19-13-4-2-1-3-12(13)15(21)20-14/h1-8H,9H2,(H,18,22)(H,19,20,21). The molecule has 0 spiro atoms. The van der Waals surface area contributed by atoms with Crippen molar-refractivity contribution in [2.24, 2.45) is 0 Å². The second-order valence-corrected chi connectivity index (χ2v) is 4.74. The number of benzene rings is 2. The van der Waals surface area contributed by atoms with Crippen molar-refractivity contribution in [3.8, 4) is 0 Å². The molecule has 0 bridgehead atoms. The van der Waals surface area contributed by atoms with E-state index in [9.17, 15) is 14.0 Å². The number of rotatable bonds is 3. The minimum Gasteiger partial charge on any atom is -0.345 e. The molecule has 22 heavy (non-hydrogen) atoms. The van der Waals surface area contributed by atoms with Crippen molar-refractivity contribution >= 4 is 16.8 Å². The van der Waals surface area contributed by atoms with Gasteiger partial charge in [-0.15, -0.1) is 0 Å². The van der Waals surface area contributed by atoms with Crippen LogP contribution in [0.15, 0.2) is 53.3 Å². The van der Waals surface area contributed by atoms with Crippen LogP contribution in [-0.4, -0.2) is 15.9 Å². The van der Waals surface area contributed by atoms with Crippen molar-refractivity contribution in [1.82, 2.24) is 15.3 Å². The van der Waals surface area contributed by atoms with E-state index in [4.69, 9.17) is 0 Å². The number of hydrogen-bond acceptors (Lipinski definition) is 3. The lowest BCUT2D eigenvalue weighted by Crippen LogP contribution is -2.27. The number of fused-ring (bicyclic) bond motifs is 1. The molecule has 6 heteroatoms. The van der Waals surface area contributed by atoms with Crippen LogP contribution in [0.2, 0.25) is 0 Å². The minimum absolute atomic E-state index is 0.0502. The van der Waals surface area contributed by atoms with Crippen LogP contribution in [0, 0.1) is 5.82 Å². The number of carbonyl (C=O) groups excluding carboxylic acids is 1. The topological polar surface area (TPSA) is 74.8 Å². The molecule has 2 N–H and O–H groups in total. The molecule has 0 saturated heterocycles. The highest BCUT2D eigenvalue weighted by molar-refractivity contribution is 5.92. The Labute approximate surface area is 124 Å². The van der Waals surface area contributed by atoms with Crippen molar-refractivity contribution in [2.45, 2.75) is 6.54 Å². The number of nitrogens with one attached hydrogen (secondary N) is 2. The summed E-state index contributed by atoms with van der Waals surface area (Å²) in [7, 11) is 0. The van der Waals surface area contributed by atoms with E-state index in [1.165, 1.54) is 12.1 Å². The summed E-state index contributed by atoms with van der Waals surface area (Å²) in [5.74, 6) is -0.881. The van der Waals surface area contributed by atoms with E-state index >= 15 is 0 Å². The maximum absolute atomic E-state index is 12.8. The largest absolute Gasteiger partial charge is 0.345 e. The maximum atomic E-state index is 12.8. The summed E-state index contributed by atoms with van der Waals surface area (Å²) < 4.78 is 12.8. The number of hydrogen-bond donors (Lipinski definition) is 2. The molecule has 1 aromatic heterocycles. The van der Waals surface area contributed by atoms with Gasteiger partial charge in [-0.1, -0.05) is 24.3 Å². The first-order valence-corrected chi connectivity index (χ1v) is 6.65. The zero-order chi connectivity index (χ0) is 15.5. The average molecular weight is 297 g/mol. The molecule has 1 amide bonds. The summed E-state index contributed by atoms with van der Waals surface area (Å²) in [6.07, 6.45) is 0. The Hall–Kier alpha value is -3.02. The van der Waals surface area contributed by atoms with Gasteiger partial charge < -0.3 is 10.3 Å². The maximum Gasteiger partial charge on any atom is 0.287 e. The molecule has 3 aromatic rings. The average Bonchev–Trinajstić information content (AvgIpc) is 2.54. The summed E-state index contributed by atoms with van der Waals surface area (Å²) in [5.41, 5.74) is 0.841. The zero-order valence-corrected chi connectivity index (χ0v) is 11.5. The highest BCUT2D eigenvalue weighted by Crippen LogP contribution is 2.06. The lowest BCUT2D eigenvalue weighted by molar-refractivity contribution is 0.0940. The molecule has 3 rings (SSSR count). The first kappa shape index (κ1) is 13.9. The highest BCUT2D eigenvalue weighted by Gasteiger charge is 2.10. The van der Waals surface area contributed by atoms with Crippen molar-refractivity contribution < 1.29 is 9.18 Å². The zero-order valence-electron chi connectivity index (χ0n) is 11.5. The fourth-order valence-electron chi connectivity index (χ4n) is 2.06. The van der Waals surface area contributed by atoms with Gasteiger partial charge in [0.2, 0.25) is 0 Å². The lowest BCUT2D eigenvalue weighted by atomic mass is 10.2. The Morgan fingerprint density at radius 1 is 1.14 bits per heavy atom. The summed E-state index contributed by atoms with van der Waals surface area (Å²) in [4.78, 5) is 30.6. The smallest absolute Gasteiger partial charge is 0.287 e. The van der Waals surface area contributed by atoms with E-state index in [-0.39, 0.29) is 23.7 Å². The molecular formula is C16H12FN3O2. The predicted octanol–water partition coefficient (Wildman–Crippen LogP) is 1.99. The molecule has 0 fully saturated rings. The van der Waals surface area contributed by atoms with E-state index in [0.29, 0.717) is 10.9 Å². The Balaban J connectivity index is 1.80. The third-order valence-electron chi connectivity index (χ3n) is 3.19. The molecule has 0 radical (unpaired) electrons. The number of carbonyl (C=O) groups is 1. The Morgan fingerprint density at radius 2 is 1.86 bits per heavy atom. The molecule has 0 aliphatic rings. The molecular weight excluding hydrogens is 285 g/mol. The monoisotopic (exact) mass is 297 g/mol. The van der Waals surface area contributed by atoms with Gasteiger partial charge in [-0.05, 0) is 29.8 Å². The Bertz CT molecular complexity index is 888. The van der Waals surface area contributed by atoms with Gasteiger partial charge in [0, 0.05) is 6.54 Å². The number of aromatic nitrogens is 2. The molecule has 0 aliphatic heterocycles. The van der Waals surface area contributed by atoms with Gasteiger partial charge in [-0.3, -0.25) is 9.59 Å². The molecule has 2 aromatic carbocycles. The molecule has 1 heterocycles. The first-order chi connectivity index (χ1) is 10.6. The van der Waals surface area contributed by atoms with Gasteiger partial charge in [0.1, 0.15) is 5.82 Å². The Morgan fingerprint density at radius 3 is 2.64 bits per heavy atom. The van der Waals surface area contributed by atoms with E-state index in [0.717, 1.165) is 5.56 Å². The van der Waals surface area contributed by atoms with Crippen molar-refractivity contribution in [3.05, 3.63) is 76.1 Å². The minimum atomic E-state index is -0.493. The van der Waals surface area contributed by atoms with Crippen LogP contribution in [0.1, 0.15) is 16.2 Å².